The highest BCUT2D eigenvalue weighted by Gasteiger charge is 2.25. The number of nitrogens with zero attached hydrogens (tertiary/aromatic N) is 1. The lowest BCUT2D eigenvalue weighted by Gasteiger charge is -2.38. The fourth-order valence-electron chi connectivity index (χ4n) is 4.78. The van der Waals surface area contributed by atoms with Gasteiger partial charge in [0, 0.05) is 6.54 Å². The van der Waals surface area contributed by atoms with Crippen molar-refractivity contribution in [1.29, 1.82) is 0 Å². The highest BCUT2D eigenvalue weighted by molar-refractivity contribution is 5.85. The molecular weight excluding hydrogens is 314 g/mol. The van der Waals surface area contributed by atoms with E-state index in [1.807, 2.05) is 0 Å². The monoisotopic (exact) mass is 349 g/mol. The van der Waals surface area contributed by atoms with Gasteiger partial charge in [-0.25, -0.2) is 0 Å². The van der Waals surface area contributed by atoms with Crippen LogP contribution < -0.4 is 0 Å². The summed E-state index contributed by atoms with van der Waals surface area (Å²) in [6.45, 7) is 8.82. The van der Waals surface area contributed by atoms with Gasteiger partial charge in [-0.3, -0.25) is 0 Å². The van der Waals surface area contributed by atoms with E-state index in [9.17, 15) is 0 Å². The molecule has 0 spiro atoms. The predicted molar refractivity (Wildman–Crippen MR) is 107 cm³/mol. The average Bonchev–Trinajstić information content (AvgIpc) is 2.73. The van der Waals surface area contributed by atoms with Crippen LogP contribution in [0.5, 0.6) is 0 Å². The Hall–Kier alpha value is -0.530. The number of unbranched alkanes of at least 4 members (excludes halogenated alkanes) is 1. The topological polar surface area (TPSA) is 3.24 Å². The van der Waals surface area contributed by atoms with E-state index in [-0.39, 0.29) is 12.4 Å². The first kappa shape index (κ1) is 19.8. The first-order chi connectivity index (χ1) is 11.1. The summed E-state index contributed by atoms with van der Waals surface area (Å²) in [7, 11) is 0. The highest BCUT2D eigenvalue weighted by atomic mass is 35.5. The smallest absolute Gasteiger partial charge is 0.00327 e. The molecule has 1 fully saturated rings. The third-order valence-corrected chi connectivity index (χ3v) is 6.00. The molecule has 1 saturated heterocycles. The number of hydrogen-bond acceptors (Lipinski definition) is 1. The molecule has 136 valence electrons. The molecule has 1 heterocycles. The summed E-state index contributed by atoms with van der Waals surface area (Å²) in [4.78, 5) is 2.71. The molecule has 1 aromatic rings. The number of fused-ring (bicyclic) bond motifs is 1. The first-order valence-electron chi connectivity index (χ1n) is 9.94. The van der Waals surface area contributed by atoms with Gasteiger partial charge in [-0.15, -0.1) is 12.4 Å². The van der Waals surface area contributed by atoms with Crippen molar-refractivity contribution in [2.24, 2.45) is 5.41 Å². The van der Waals surface area contributed by atoms with Gasteiger partial charge in [0.25, 0.3) is 0 Å². The molecule has 1 aromatic carbocycles. The molecule has 1 unspecified atom stereocenters. The molecule has 1 nitrogen and oxygen atoms in total. The second-order valence-corrected chi connectivity index (χ2v) is 8.68. The van der Waals surface area contributed by atoms with E-state index in [1.54, 1.807) is 11.1 Å². The number of halogens is 1. The summed E-state index contributed by atoms with van der Waals surface area (Å²) in [6.07, 6.45) is 12.5. The van der Waals surface area contributed by atoms with Crippen molar-refractivity contribution >= 4 is 12.4 Å². The molecule has 1 atom stereocenters. The van der Waals surface area contributed by atoms with Crippen LogP contribution in [0.25, 0.3) is 0 Å². The Morgan fingerprint density at radius 1 is 1.08 bits per heavy atom. The van der Waals surface area contributed by atoms with Crippen molar-refractivity contribution in [3.05, 3.63) is 35.4 Å². The van der Waals surface area contributed by atoms with Crippen LogP contribution in [0.3, 0.4) is 0 Å². The van der Waals surface area contributed by atoms with Crippen molar-refractivity contribution in [3.8, 4) is 0 Å². The summed E-state index contributed by atoms with van der Waals surface area (Å²) in [5.41, 5.74) is 3.84. The maximum Gasteiger partial charge on any atom is 0.00327 e. The van der Waals surface area contributed by atoms with Crippen LogP contribution in [0, 0.1) is 5.41 Å². The van der Waals surface area contributed by atoms with Gasteiger partial charge in [-0.2, -0.15) is 0 Å². The minimum atomic E-state index is 0. The minimum Gasteiger partial charge on any atom is -0.303 e. The normalized spacial score (nSPS) is 23.8. The van der Waals surface area contributed by atoms with E-state index < -0.39 is 0 Å². The van der Waals surface area contributed by atoms with Crippen LogP contribution in [0.1, 0.15) is 82.3 Å². The van der Waals surface area contributed by atoms with E-state index in [0.717, 1.165) is 5.92 Å². The largest absolute Gasteiger partial charge is 0.303 e. The minimum absolute atomic E-state index is 0. The lowest BCUT2D eigenvalue weighted by Crippen LogP contribution is -2.40. The molecule has 0 aromatic heterocycles. The standard InChI is InChI=1S/C22H35N.ClH/c1-22(2)15-9-17-23(18-22)16-8-7-13-20-11-4-3-10-19-12-5-6-14-21(19)20;/h5-6,12,14,20H,3-4,7-11,13,15-18H2,1-2H3;1H. The van der Waals surface area contributed by atoms with Gasteiger partial charge < -0.3 is 4.90 Å². The fraction of sp³-hybridized carbons (Fsp3) is 0.727. The lowest BCUT2D eigenvalue weighted by atomic mass is 9.84. The number of aryl methyl sites for hydroxylation is 1. The summed E-state index contributed by atoms with van der Waals surface area (Å²) in [5, 5.41) is 0. The Labute approximate surface area is 155 Å². The van der Waals surface area contributed by atoms with E-state index in [1.165, 1.54) is 77.4 Å². The van der Waals surface area contributed by atoms with E-state index in [4.69, 9.17) is 0 Å². The van der Waals surface area contributed by atoms with Crippen LogP contribution in [-0.4, -0.2) is 24.5 Å². The van der Waals surface area contributed by atoms with Gasteiger partial charge in [-0.1, -0.05) is 51.0 Å². The molecule has 3 rings (SSSR count). The van der Waals surface area contributed by atoms with Gasteiger partial charge in [0.1, 0.15) is 0 Å². The summed E-state index contributed by atoms with van der Waals surface area (Å²) < 4.78 is 0. The number of benzene rings is 1. The summed E-state index contributed by atoms with van der Waals surface area (Å²) in [5.74, 6) is 0.825. The molecule has 0 bridgehead atoms. The van der Waals surface area contributed by atoms with E-state index in [2.05, 4.69) is 43.0 Å². The van der Waals surface area contributed by atoms with Gasteiger partial charge in [0.05, 0.1) is 0 Å². The maximum atomic E-state index is 2.71. The summed E-state index contributed by atoms with van der Waals surface area (Å²) >= 11 is 0. The lowest BCUT2D eigenvalue weighted by molar-refractivity contribution is 0.116. The molecule has 0 N–H and O–H groups in total. The van der Waals surface area contributed by atoms with Crippen molar-refractivity contribution in [3.63, 3.8) is 0 Å². The van der Waals surface area contributed by atoms with Gasteiger partial charge in [-0.05, 0) is 80.5 Å². The molecule has 1 aliphatic heterocycles. The van der Waals surface area contributed by atoms with Crippen LogP contribution in [0.4, 0.5) is 0 Å². The maximum absolute atomic E-state index is 2.71. The predicted octanol–water partition coefficient (Wildman–Crippen LogP) is 6.21. The molecule has 0 saturated carbocycles. The number of piperidine rings is 1. The van der Waals surface area contributed by atoms with Gasteiger partial charge in [0.15, 0.2) is 0 Å². The quantitative estimate of drug-likeness (QED) is 0.451. The Bertz CT molecular complexity index is 496. The zero-order chi connectivity index (χ0) is 16.1. The average molecular weight is 350 g/mol. The highest BCUT2D eigenvalue weighted by Crippen LogP contribution is 2.34. The third-order valence-electron chi connectivity index (χ3n) is 6.00. The van der Waals surface area contributed by atoms with Gasteiger partial charge >= 0.3 is 0 Å². The Morgan fingerprint density at radius 2 is 1.92 bits per heavy atom. The zero-order valence-electron chi connectivity index (χ0n) is 15.7. The van der Waals surface area contributed by atoms with Crippen LogP contribution in [-0.2, 0) is 6.42 Å². The molecule has 0 radical (unpaired) electrons. The van der Waals surface area contributed by atoms with Crippen LogP contribution >= 0.6 is 12.4 Å². The molecule has 2 aliphatic rings. The first-order valence-corrected chi connectivity index (χ1v) is 9.94. The second kappa shape index (κ2) is 9.25. The summed E-state index contributed by atoms with van der Waals surface area (Å²) in [6, 6.07) is 9.23. The van der Waals surface area contributed by atoms with Crippen molar-refractivity contribution in [2.45, 2.75) is 77.6 Å². The Balaban J connectivity index is 0.00000208. The SMILES string of the molecule is CC1(C)CCCN(CCCCC2CCCCc3ccccc32)C1.Cl. The number of rotatable bonds is 5. The van der Waals surface area contributed by atoms with E-state index in [0.29, 0.717) is 5.41 Å². The molecule has 0 amide bonds. The Morgan fingerprint density at radius 3 is 2.75 bits per heavy atom. The van der Waals surface area contributed by atoms with E-state index >= 15 is 0 Å². The fourth-order valence-corrected chi connectivity index (χ4v) is 4.78. The Kier molecular flexibility index (Phi) is 7.62. The third kappa shape index (κ3) is 5.49. The van der Waals surface area contributed by atoms with Gasteiger partial charge in [0.2, 0.25) is 0 Å². The zero-order valence-corrected chi connectivity index (χ0v) is 16.5. The molecule has 24 heavy (non-hydrogen) atoms. The molecule has 1 aliphatic carbocycles. The van der Waals surface area contributed by atoms with Crippen molar-refractivity contribution in [1.82, 2.24) is 4.90 Å². The number of likely N-dealkylation sites (tertiary alicyclic amines) is 1. The van der Waals surface area contributed by atoms with Crippen LogP contribution in [0.2, 0.25) is 0 Å². The van der Waals surface area contributed by atoms with Crippen molar-refractivity contribution < 1.29 is 0 Å². The molecule has 2 heteroatoms. The van der Waals surface area contributed by atoms with Crippen LogP contribution in [0.15, 0.2) is 24.3 Å². The second-order valence-electron chi connectivity index (χ2n) is 8.68. The van der Waals surface area contributed by atoms with Crippen molar-refractivity contribution in [2.75, 3.05) is 19.6 Å². The molecular formula is C22H36ClN. The number of hydrogen-bond donors (Lipinski definition) is 0.